The van der Waals surface area contributed by atoms with Crippen molar-refractivity contribution in [3.05, 3.63) is 83.0 Å². The average Bonchev–Trinajstić information content (AvgIpc) is 2.60. The number of aromatic nitrogens is 2. The smallest absolute Gasteiger partial charge is 0.124 e. The predicted molar refractivity (Wildman–Crippen MR) is 91.5 cm³/mol. The fourth-order valence-corrected chi connectivity index (χ4v) is 2.99. The van der Waals surface area contributed by atoms with E-state index < -0.39 is 5.92 Å². The van der Waals surface area contributed by atoms with Crippen molar-refractivity contribution < 1.29 is 0 Å². The first-order valence-corrected chi connectivity index (χ1v) is 8.17. The molecule has 0 amide bonds. The van der Waals surface area contributed by atoms with E-state index in [9.17, 15) is 5.26 Å². The monoisotopic (exact) mass is 337 g/mol. The van der Waals surface area contributed by atoms with Crippen molar-refractivity contribution in [2.24, 2.45) is 0 Å². The third-order valence-electron chi connectivity index (χ3n) is 3.25. The number of halogens is 1. The maximum absolute atomic E-state index is 9.45. The topological polar surface area (TPSA) is 49.6 Å². The molecule has 0 aliphatic rings. The molecule has 0 aliphatic heterocycles. The highest BCUT2D eigenvalue weighted by Crippen LogP contribution is 2.27. The van der Waals surface area contributed by atoms with Gasteiger partial charge in [-0.2, -0.15) is 10.4 Å². The third-order valence-corrected chi connectivity index (χ3v) is 4.44. The standard InChI is InChI=1S/C18H12ClN3S/c19-14-8-6-13(7-9-14)16(12-20)17-10-11-18(22-21-17)23-15-4-2-1-3-5-15/h1-11,16H/t16-/m1/s1. The maximum Gasteiger partial charge on any atom is 0.124 e. The van der Waals surface area contributed by atoms with Crippen LogP contribution in [0.1, 0.15) is 17.2 Å². The van der Waals surface area contributed by atoms with Crippen LogP contribution in [0.5, 0.6) is 0 Å². The summed E-state index contributed by atoms with van der Waals surface area (Å²) in [7, 11) is 0. The van der Waals surface area contributed by atoms with Crippen LogP contribution in [0, 0.1) is 11.3 Å². The number of nitrogens with zero attached hydrogens (tertiary/aromatic N) is 3. The zero-order chi connectivity index (χ0) is 16.1. The van der Waals surface area contributed by atoms with Crippen LogP contribution in [0.15, 0.2) is 76.7 Å². The molecule has 0 radical (unpaired) electrons. The second kappa shape index (κ2) is 7.28. The van der Waals surface area contributed by atoms with E-state index in [0.29, 0.717) is 10.7 Å². The normalized spacial score (nSPS) is 11.7. The molecule has 23 heavy (non-hydrogen) atoms. The van der Waals surface area contributed by atoms with Gasteiger partial charge in [-0.3, -0.25) is 0 Å². The lowest BCUT2D eigenvalue weighted by Gasteiger charge is -2.09. The zero-order valence-corrected chi connectivity index (χ0v) is 13.6. The SMILES string of the molecule is N#C[C@H](c1ccc(Cl)cc1)c1ccc(Sc2ccccc2)nn1. The second-order valence-electron chi connectivity index (χ2n) is 4.83. The second-order valence-corrected chi connectivity index (χ2v) is 6.36. The number of hydrogen-bond acceptors (Lipinski definition) is 4. The van der Waals surface area contributed by atoms with Crippen LogP contribution in [-0.2, 0) is 0 Å². The lowest BCUT2D eigenvalue weighted by molar-refractivity contribution is 0.837. The van der Waals surface area contributed by atoms with Gasteiger partial charge < -0.3 is 0 Å². The van der Waals surface area contributed by atoms with Crippen LogP contribution < -0.4 is 0 Å². The number of rotatable bonds is 4. The molecule has 1 atom stereocenters. The summed E-state index contributed by atoms with van der Waals surface area (Å²) in [5, 5.41) is 19.3. The largest absolute Gasteiger partial charge is 0.197 e. The minimum atomic E-state index is -0.449. The molecule has 0 spiro atoms. The van der Waals surface area contributed by atoms with Crippen LogP contribution in [0.2, 0.25) is 5.02 Å². The van der Waals surface area contributed by atoms with Crippen molar-refractivity contribution in [3.8, 4) is 6.07 Å². The summed E-state index contributed by atoms with van der Waals surface area (Å²) in [6.45, 7) is 0. The molecule has 0 N–H and O–H groups in total. The molecule has 5 heteroatoms. The van der Waals surface area contributed by atoms with Gasteiger partial charge in [0.15, 0.2) is 0 Å². The first-order valence-electron chi connectivity index (χ1n) is 6.98. The summed E-state index contributed by atoms with van der Waals surface area (Å²) in [4.78, 5) is 1.10. The van der Waals surface area contributed by atoms with E-state index in [4.69, 9.17) is 11.6 Å². The minimum Gasteiger partial charge on any atom is -0.197 e. The Bertz CT molecular complexity index is 812. The number of nitriles is 1. The highest BCUT2D eigenvalue weighted by Gasteiger charge is 2.15. The summed E-state index contributed by atoms with van der Waals surface area (Å²) in [6, 6.07) is 23.2. The molecule has 3 aromatic rings. The molecule has 0 bridgehead atoms. The van der Waals surface area contributed by atoms with Gasteiger partial charge in [0.25, 0.3) is 0 Å². The lowest BCUT2D eigenvalue weighted by Crippen LogP contribution is -2.02. The Morgan fingerprint density at radius 1 is 0.913 bits per heavy atom. The molecule has 0 aliphatic carbocycles. The lowest BCUT2D eigenvalue weighted by atomic mass is 9.97. The van der Waals surface area contributed by atoms with Gasteiger partial charge in [0.2, 0.25) is 0 Å². The van der Waals surface area contributed by atoms with Crippen LogP contribution in [0.25, 0.3) is 0 Å². The molecule has 2 aromatic carbocycles. The van der Waals surface area contributed by atoms with Crippen molar-refractivity contribution in [1.82, 2.24) is 10.2 Å². The van der Waals surface area contributed by atoms with Gasteiger partial charge in [-0.1, -0.05) is 53.7 Å². The fraction of sp³-hybridized carbons (Fsp3) is 0.0556. The Labute approximate surface area is 144 Å². The Morgan fingerprint density at radius 3 is 2.26 bits per heavy atom. The van der Waals surface area contributed by atoms with E-state index in [-0.39, 0.29) is 0 Å². The first kappa shape index (κ1) is 15.5. The van der Waals surface area contributed by atoms with Crippen molar-refractivity contribution in [2.75, 3.05) is 0 Å². The molecule has 3 nitrogen and oxygen atoms in total. The number of hydrogen-bond donors (Lipinski definition) is 0. The summed E-state index contributed by atoms with van der Waals surface area (Å²) in [5.74, 6) is -0.449. The van der Waals surface area contributed by atoms with Gasteiger partial charge in [0.1, 0.15) is 10.9 Å². The quantitative estimate of drug-likeness (QED) is 0.676. The molecule has 3 rings (SSSR count). The molecule has 112 valence electrons. The van der Waals surface area contributed by atoms with E-state index in [2.05, 4.69) is 16.3 Å². The van der Waals surface area contributed by atoms with Crippen molar-refractivity contribution >= 4 is 23.4 Å². The van der Waals surface area contributed by atoms with Crippen LogP contribution in [0.4, 0.5) is 0 Å². The van der Waals surface area contributed by atoms with Gasteiger partial charge in [0, 0.05) is 9.92 Å². The van der Waals surface area contributed by atoms with Crippen LogP contribution in [-0.4, -0.2) is 10.2 Å². The average molecular weight is 338 g/mol. The van der Waals surface area contributed by atoms with E-state index in [1.807, 2.05) is 54.6 Å². The Kier molecular flexibility index (Phi) is 4.92. The van der Waals surface area contributed by atoms with E-state index in [0.717, 1.165) is 15.5 Å². The van der Waals surface area contributed by atoms with Crippen molar-refractivity contribution in [1.29, 1.82) is 5.26 Å². The summed E-state index contributed by atoms with van der Waals surface area (Å²) < 4.78 is 0. The first-order chi connectivity index (χ1) is 11.3. The van der Waals surface area contributed by atoms with E-state index in [1.165, 1.54) is 11.8 Å². The third kappa shape index (κ3) is 3.89. The van der Waals surface area contributed by atoms with Crippen LogP contribution in [0.3, 0.4) is 0 Å². The number of benzene rings is 2. The van der Waals surface area contributed by atoms with Crippen LogP contribution >= 0.6 is 23.4 Å². The highest BCUT2D eigenvalue weighted by atomic mass is 35.5. The molecule has 0 unspecified atom stereocenters. The summed E-state index contributed by atoms with van der Waals surface area (Å²) in [5.41, 5.74) is 1.49. The summed E-state index contributed by atoms with van der Waals surface area (Å²) >= 11 is 7.43. The fourth-order valence-electron chi connectivity index (χ4n) is 2.11. The molecule has 0 saturated carbocycles. The molecule has 1 aromatic heterocycles. The Hall–Kier alpha value is -2.35. The van der Waals surface area contributed by atoms with Gasteiger partial charge in [0.05, 0.1) is 11.8 Å². The summed E-state index contributed by atoms with van der Waals surface area (Å²) in [6.07, 6.45) is 0. The van der Waals surface area contributed by atoms with Gasteiger partial charge in [-0.05, 0) is 42.0 Å². The van der Waals surface area contributed by atoms with Crippen molar-refractivity contribution in [3.63, 3.8) is 0 Å². The highest BCUT2D eigenvalue weighted by molar-refractivity contribution is 7.99. The Balaban J connectivity index is 1.80. The van der Waals surface area contributed by atoms with Gasteiger partial charge >= 0.3 is 0 Å². The van der Waals surface area contributed by atoms with E-state index in [1.54, 1.807) is 12.1 Å². The molecule has 0 fully saturated rings. The Morgan fingerprint density at radius 2 is 1.65 bits per heavy atom. The van der Waals surface area contributed by atoms with E-state index >= 15 is 0 Å². The minimum absolute atomic E-state index is 0.449. The molecular formula is C18H12ClN3S. The molecular weight excluding hydrogens is 326 g/mol. The van der Waals surface area contributed by atoms with Gasteiger partial charge in [-0.15, -0.1) is 5.10 Å². The predicted octanol–water partition coefficient (Wildman–Crippen LogP) is 4.94. The maximum atomic E-state index is 9.45. The molecule has 0 saturated heterocycles. The molecule has 1 heterocycles. The zero-order valence-electron chi connectivity index (χ0n) is 12.1. The van der Waals surface area contributed by atoms with Crippen molar-refractivity contribution in [2.45, 2.75) is 15.8 Å². The van der Waals surface area contributed by atoms with Gasteiger partial charge in [-0.25, -0.2) is 0 Å².